The lowest BCUT2D eigenvalue weighted by Gasteiger charge is -2.28. The van der Waals surface area contributed by atoms with Crippen molar-refractivity contribution in [2.45, 2.75) is 19.9 Å². The minimum Gasteiger partial charge on any atom is -0.463 e. The van der Waals surface area contributed by atoms with Crippen molar-refractivity contribution >= 4 is 24.0 Å². The maximum absolute atomic E-state index is 12.4. The second kappa shape index (κ2) is 9.56. The number of hydrogen-bond donors (Lipinski definition) is 2. The SMILES string of the molecule is CCOC(=O)C1=C(C)NC(=O)NC1c1ccc(OC(=O)/C=C/c2ccccc2)cc1. The van der Waals surface area contributed by atoms with Crippen LogP contribution in [-0.4, -0.2) is 24.6 Å². The molecule has 2 aromatic rings. The molecule has 0 fully saturated rings. The molecule has 2 amide bonds. The second-order valence-corrected chi connectivity index (χ2v) is 6.52. The number of hydrogen-bond acceptors (Lipinski definition) is 5. The highest BCUT2D eigenvalue weighted by atomic mass is 16.5. The number of amides is 2. The molecule has 3 rings (SSSR count). The number of allylic oxidation sites excluding steroid dienone is 1. The fourth-order valence-electron chi connectivity index (χ4n) is 3.03. The second-order valence-electron chi connectivity index (χ2n) is 6.52. The van der Waals surface area contributed by atoms with Gasteiger partial charge in [0.2, 0.25) is 0 Å². The van der Waals surface area contributed by atoms with Gasteiger partial charge in [-0.3, -0.25) is 0 Å². The molecule has 7 nitrogen and oxygen atoms in total. The molecule has 1 atom stereocenters. The highest BCUT2D eigenvalue weighted by molar-refractivity contribution is 5.95. The Balaban J connectivity index is 1.73. The molecule has 2 aromatic carbocycles. The first kappa shape index (κ1) is 20.9. The fraction of sp³-hybridized carbons (Fsp3) is 0.174. The molecule has 0 bridgehead atoms. The van der Waals surface area contributed by atoms with E-state index in [-0.39, 0.29) is 6.61 Å². The van der Waals surface area contributed by atoms with E-state index in [1.165, 1.54) is 6.08 Å². The zero-order chi connectivity index (χ0) is 21.5. The van der Waals surface area contributed by atoms with Gasteiger partial charge in [-0.2, -0.15) is 0 Å². The molecule has 154 valence electrons. The Hall–Kier alpha value is -3.87. The van der Waals surface area contributed by atoms with E-state index in [1.807, 2.05) is 30.3 Å². The predicted octanol–water partition coefficient (Wildman–Crippen LogP) is 3.50. The first-order valence-corrected chi connectivity index (χ1v) is 9.48. The van der Waals surface area contributed by atoms with Crippen LogP contribution in [0.2, 0.25) is 0 Å². The fourth-order valence-corrected chi connectivity index (χ4v) is 3.03. The average molecular weight is 406 g/mol. The van der Waals surface area contributed by atoms with Crippen LogP contribution >= 0.6 is 0 Å². The molecule has 0 aromatic heterocycles. The van der Waals surface area contributed by atoms with Crippen LogP contribution in [0.3, 0.4) is 0 Å². The molecule has 0 radical (unpaired) electrons. The molecular formula is C23H22N2O5. The lowest BCUT2D eigenvalue weighted by molar-refractivity contribution is -0.139. The third kappa shape index (κ3) is 5.14. The van der Waals surface area contributed by atoms with Crippen molar-refractivity contribution in [3.8, 4) is 5.75 Å². The zero-order valence-corrected chi connectivity index (χ0v) is 16.7. The number of ether oxygens (including phenoxy) is 2. The standard InChI is InChI=1S/C23H22N2O5/c1-3-29-22(27)20-15(2)24-23(28)25-21(20)17-10-12-18(13-11-17)30-19(26)14-9-16-7-5-4-6-8-16/h4-14,21H,3H2,1-2H3,(H2,24,25,28)/b14-9+. The van der Waals surface area contributed by atoms with Crippen molar-refractivity contribution in [3.63, 3.8) is 0 Å². The van der Waals surface area contributed by atoms with Crippen LogP contribution in [-0.2, 0) is 14.3 Å². The summed E-state index contributed by atoms with van der Waals surface area (Å²) in [5.41, 5.74) is 2.31. The van der Waals surface area contributed by atoms with Crippen LogP contribution in [0.5, 0.6) is 5.75 Å². The predicted molar refractivity (Wildman–Crippen MR) is 111 cm³/mol. The number of benzene rings is 2. The van der Waals surface area contributed by atoms with Gasteiger partial charge in [-0.1, -0.05) is 42.5 Å². The summed E-state index contributed by atoms with van der Waals surface area (Å²) in [5, 5.41) is 5.31. The van der Waals surface area contributed by atoms with E-state index in [0.717, 1.165) is 5.56 Å². The van der Waals surface area contributed by atoms with Crippen LogP contribution in [0.4, 0.5) is 4.79 Å². The van der Waals surface area contributed by atoms with Gasteiger partial charge in [0, 0.05) is 11.8 Å². The Morgan fingerprint density at radius 1 is 1.07 bits per heavy atom. The number of rotatable bonds is 6. The van der Waals surface area contributed by atoms with Gasteiger partial charge in [0.1, 0.15) is 5.75 Å². The number of urea groups is 1. The highest BCUT2D eigenvalue weighted by Crippen LogP contribution is 2.28. The molecule has 0 aliphatic carbocycles. The van der Waals surface area contributed by atoms with Crippen LogP contribution in [0, 0.1) is 0 Å². The molecule has 0 spiro atoms. The molecule has 0 saturated carbocycles. The quantitative estimate of drug-likeness (QED) is 0.435. The Bertz CT molecular complexity index is 994. The largest absolute Gasteiger partial charge is 0.463 e. The van der Waals surface area contributed by atoms with Crippen molar-refractivity contribution in [1.29, 1.82) is 0 Å². The van der Waals surface area contributed by atoms with E-state index in [0.29, 0.717) is 22.6 Å². The maximum atomic E-state index is 12.4. The Morgan fingerprint density at radius 3 is 2.43 bits per heavy atom. The van der Waals surface area contributed by atoms with Crippen LogP contribution < -0.4 is 15.4 Å². The lowest BCUT2D eigenvalue weighted by Crippen LogP contribution is -2.45. The minimum absolute atomic E-state index is 0.224. The Kier molecular flexibility index (Phi) is 6.64. The third-order valence-corrected chi connectivity index (χ3v) is 4.41. The maximum Gasteiger partial charge on any atom is 0.338 e. The van der Waals surface area contributed by atoms with Gasteiger partial charge in [0.05, 0.1) is 18.2 Å². The smallest absolute Gasteiger partial charge is 0.338 e. The molecule has 30 heavy (non-hydrogen) atoms. The first-order valence-electron chi connectivity index (χ1n) is 9.48. The summed E-state index contributed by atoms with van der Waals surface area (Å²) in [5.74, 6) is -0.668. The van der Waals surface area contributed by atoms with E-state index in [1.54, 1.807) is 44.2 Å². The van der Waals surface area contributed by atoms with Crippen molar-refractivity contribution < 1.29 is 23.9 Å². The van der Waals surface area contributed by atoms with Crippen LogP contribution in [0.25, 0.3) is 6.08 Å². The van der Waals surface area contributed by atoms with E-state index in [4.69, 9.17) is 9.47 Å². The van der Waals surface area contributed by atoms with Crippen LogP contribution in [0.1, 0.15) is 31.0 Å². The molecule has 0 saturated heterocycles. The van der Waals surface area contributed by atoms with Crippen LogP contribution in [0.15, 0.2) is 71.9 Å². The van der Waals surface area contributed by atoms with Crippen molar-refractivity contribution in [2.24, 2.45) is 0 Å². The normalized spacial score (nSPS) is 16.1. The number of carbonyl (C=O) groups excluding carboxylic acids is 3. The monoisotopic (exact) mass is 406 g/mol. The molecule has 7 heteroatoms. The summed E-state index contributed by atoms with van der Waals surface area (Å²) in [4.78, 5) is 36.3. The van der Waals surface area contributed by atoms with E-state index in [2.05, 4.69) is 10.6 Å². The van der Waals surface area contributed by atoms with E-state index in [9.17, 15) is 14.4 Å². The Labute approximate surface area is 174 Å². The molecule has 1 aliphatic heterocycles. The van der Waals surface area contributed by atoms with Gasteiger partial charge < -0.3 is 20.1 Å². The Morgan fingerprint density at radius 2 is 1.77 bits per heavy atom. The van der Waals surface area contributed by atoms with Gasteiger partial charge >= 0.3 is 18.0 Å². The highest BCUT2D eigenvalue weighted by Gasteiger charge is 2.32. The molecule has 2 N–H and O–H groups in total. The molecular weight excluding hydrogens is 384 g/mol. The van der Waals surface area contributed by atoms with E-state index < -0.39 is 24.0 Å². The van der Waals surface area contributed by atoms with Gasteiger partial charge in [-0.15, -0.1) is 0 Å². The molecule has 1 aliphatic rings. The van der Waals surface area contributed by atoms with Gasteiger partial charge in [0.25, 0.3) is 0 Å². The number of esters is 2. The van der Waals surface area contributed by atoms with E-state index >= 15 is 0 Å². The topological polar surface area (TPSA) is 93.7 Å². The minimum atomic E-state index is -0.666. The van der Waals surface area contributed by atoms with Crippen molar-refractivity contribution in [1.82, 2.24) is 10.6 Å². The summed E-state index contributed by atoms with van der Waals surface area (Å²) < 4.78 is 10.4. The summed E-state index contributed by atoms with van der Waals surface area (Å²) >= 11 is 0. The van der Waals surface area contributed by atoms with Crippen molar-refractivity contribution in [3.05, 3.63) is 83.1 Å². The summed E-state index contributed by atoms with van der Waals surface area (Å²) in [6, 6.07) is 14.9. The summed E-state index contributed by atoms with van der Waals surface area (Å²) in [6.45, 7) is 3.59. The van der Waals surface area contributed by atoms with Gasteiger partial charge in [-0.25, -0.2) is 14.4 Å². The molecule has 1 heterocycles. The number of nitrogens with one attached hydrogen (secondary N) is 2. The van der Waals surface area contributed by atoms with Gasteiger partial charge in [-0.05, 0) is 43.2 Å². The summed E-state index contributed by atoms with van der Waals surface area (Å²) in [7, 11) is 0. The zero-order valence-electron chi connectivity index (χ0n) is 16.7. The van der Waals surface area contributed by atoms with Crippen molar-refractivity contribution in [2.75, 3.05) is 6.61 Å². The third-order valence-electron chi connectivity index (χ3n) is 4.41. The average Bonchev–Trinajstić information content (AvgIpc) is 2.73. The summed E-state index contributed by atoms with van der Waals surface area (Å²) in [6.07, 6.45) is 3.02. The van der Waals surface area contributed by atoms with Gasteiger partial charge in [0.15, 0.2) is 0 Å². The lowest BCUT2D eigenvalue weighted by atomic mass is 9.95. The first-order chi connectivity index (χ1) is 14.5. The number of carbonyl (C=O) groups is 3. The molecule has 1 unspecified atom stereocenters.